The van der Waals surface area contributed by atoms with Crippen molar-refractivity contribution in [1.29, 1.82) is 0 Å². The first-order chi connectivity index (χ1) is 12.4. The van der Waals surface area contributed by atoms with Gasteiger partial charge in [0.05, 0.1) is 19.9 Å². The van der Waals surface area contributed by atoms with Gasteiger partial charge in [-0.2, -0.15) is 0 Å². The first-order valence-corrected chi connectivity index (χ1v) is 8.53. The zero-order valence-electron chi connectivity index (χ0n) is 13.7. The lowest BCUT2D eigenvalue weighted by Crippen LogP contribution is -2.54. The number of carbonyl (C=O) groups excluding carboxylic acids is 2. The molecule has 2 heterocycles. The van der Waals surface area contributed by atoms with Crippen molar-refractivity contribution in [2.45, 2.75) is 0 Å². The Morgan fingerprint density at radius 2 is 1.96 bits per heavy atom. The van der Waals surface area contributed by atoms with E-state index >= 15 is 0 Å². The van der Waals surface area contributed by atoms with E-state index in [-0.39, 0.29) is 10.7 Å². The Hall–Kier alpha value is -2.65. The van der Waals surface area contributed by atoms with Crippen molar-refractivity contribution in [2.75, 3.05) is 19.1 Å². The van der Waals surface area contributed by atoms with E-state index in [4.69, 9.17) is 26.1 Å². The number of carbonyl (C=O) groups is 2. The molecule has 2 aromatic rings. The number of furan rings is 1. The lowest BCUT2D eigenvalue weighted by atomic mass is 10.1. The number of nitrogens with one attached hydrogen (secondary N) is 1. The van der Waals surface area contributed by atoms with Crippen molar-refractivity contribution < 1.29 is 23.5 Å². The van der Waals surface area contributed by atoms with E-state index in [9.17, 15) is 9.59 Å². The number of thiocarbonyl (C=S) groups is 1. The monoisotopic (exact) mass is 436 g/mol. The molecule has 0 radical (unpaired) electrons. The predicted octanol–water partition coefficient (Wildman–Crippen LogP) is 2.89. The van der Waals surface area contributed by atoms with Gasteiger partial charge in [-0.15, -0.1) is 0 Å². The Balaban J connectivity index is 2.05. The highest BCUT2D eigenvalue weighted by Crippen LogP contribution is 2.34. The van der Waals surface area contributed by atoms with Crippen molar-refractivity contribution in [3.63, 3.8) is 0 Å². The summed E-state index contributed by atoms with van der Waals surface area (Å²) in [5.74, 6) is 0.0911. The fraction of sp³-hybridized carbons (Fsp3) is 0.118. The number of ether oxygens (including phenoxy) is 2. The molecule has 0 bridgehead atoms. The maximum atomic E-state index is 12.9. The molecule has 0 spiro atoms. The number of benzene rings is 1. The van der Waals surface area contributed by atoms with Crippen LogP contribution in [-0.4, -0.2) is 31.1 Å². The molecule has 0 aliphatic carbocycles. The SMILES string of the molecule is COc1ccc(N2C(=O)/C(=C/c3ccc(Br)o3)C(=O)NC2=S)c(OC)c1. The van der Waals surface area contributed by atoms with Gasteiger partial charge in [-0.3, -0.25) is 14.9 Å². The molecule has 9 heteroatoms. The van der Waals surface area contributed by atoms with E-state index in [0.717, 1.165) is 0 Å². The molecule has 0 saturated carbocycles. The van der Waals surface area contributed by atoms with Crippen molar-refractivity contribution in [1.82, 2.24) is 5.32 Å². The lowest BCUT2D eigenvalue weighted by molar-refractivity contribution is -0.122. The minimum atomic E-state index is -0.601. The Kier molecular flexibility index (Phi) is 5.10. The fourth-order valence-corrected chi connectivity index (χ4v) is 2.99. The van der Waals surface area contributed by atoms with Crippen LogP contribution in [0.15, 0.2) is 45.0 Å². The molecule has 7 nitrogen and oxygen atoms in total. The van der Waals surface area contributed by atoms with E-state index in [1.807, 2.05) is 0 Å². The molecule has 3 rings (SSSR count). The van der Waals surface area contributed by atoms with Crippen molar-refractivity contribution in [3.05, 3.63) is 46.3 Å². The second kappa shape index (κ2) is 7.30. The van der Waals surface area contributed by atoms with E-state index in [1.165, 1.54) is 25.2 Å². The average molecular weight is 437 g/mol. The van der Waals surface area contributed by atoms with Crippen LogP contribution < -0.4 is 19.7 Å². The third kappa shape index (κ3) is 3.35. The Morgan fingerprint density at radius 1 is 1.19 bits per heavy atom. The van der Waals surface area contributed by atoms with Crippen LogP contribution in [0.1, 0.15) is 5.76 Å². The fourth-order valence-electron chi connectivity index (χ4n) is 2.39. The van der Waals surface area contributed by atoms with E-state index in [1.54, 1.807) is 30.3 Å². The molecule has 2 amide bonds. The summed E-state index contributed by atoms with van der Waals surface area (Å²) in [5, 5.41) is 2.46. The van der Waals surface area contributed by atoms with Gasteiger partial charge < -0.3 is 13.9 Å². The molecule has 1 aliphatic heterocycles. The molecular weight excluding hydrogens is 424 g/mol. The normalized spacial score (nSPS) is 16.0. The van der Waals surface area contributed by atoms with Crippen LogP contribution >= 0.6 is 28.1 Å². The molecule has 1 aromatic carbocycles. The number of nitrogens with zero attached hydrogens (tertiary/aromatic N) is 1. The largest absolute Gasteiger partial charge is 0.497 e. The van der Waals surface area contributed by atoms with Crippen molar-refractivity contribution in [3.8, 4) is 11.5 Å². The molecule has 26 heavy (non-hydrogen) atoms. The molecule has 1 saturated heterocycles. The number of hydrogen-bond donors (Lipinski definition) is 1. The van der Waals surface area contributed by atoms with Gasteiger partial charge in [0, 0.05) is 6.07 Å². The summed E-state index contributed by atoms with van der Waals surface area (Å²) >= 11 is 8.36. The van der Waals surface area contributed by atoms with Crippen molar-refractivity contribution >= 4 is 56.8 Å². The van der Waals surface area contributed by atoms with Crippen LogP contribution in [0.3, 0.4) is 0 Å². The summed E-state index contributed by atoms with van der Waals surface area (Å²) in [6, 6.07) is 8.20. The quantitative estimate of drug-likeness (QED) is 0.450. The summed E-state index contributed by atoms with van der Waals surface area (Å²) in [4.78, 5) is 26.4. The van der Waals surface area contributed by atoms with Gasteiger partial charge in [0.1, 0.15) is 22.8 Å². The highest BCUT2D eigenvalue weighted by molar-refractivity contribution is 9.10. The van der Waals surface area contributed by atoms with Gasteiger partial charge in [0.25, 0.3) is 11.8 Å². The number of rotatable bonds is 4. The van der Waals surface area contributed by atoms with E-state index < -0.39 is 11.8 Å². The van der Waals surface area contributed by atoms with Gasteiger partial charge in [0.2, 0.25) is 0 Å². The zero-order valence-corrected chi connectivity index (χ0v) is 16.1. The summed E-state index contributed by atoms with van der Waals surface area (Å²) < 4.78 is 16.3. The molecule has 1 aliphatic rings. The van der Waals surface area contributed by atoms with Gasteiger partial charge in [-0.25, -0.2) is 4.90 Å². The van der Waals surface area contributed by atoms with E-state index in [0.29, 0.717) is 27.6 Å². The standard InChI is InChI=1S/C17H13BrN2O5S/c1-23-9-3-5-12(13(8-9)24-2)20-16(22)11(15(21)19-17(20)26)7-10-4-6-14(18)25-10/h3-8H,1-2H3,(H,19,21,26)/b11-7+. The third-order valence-corrected chi connectivity index (χ3v) is 4.32. The molecule has 1 fully saturated rings. The van der Waals surface area contributed by atoms with Gasteiger partial charge in [-0.1, -0.05) is 0 Å². The predicted molar refractivity (Wildman–Crippen MR) is 102 cm³/mol. The van der Waals surface area contributed by atoms with Crippen LogP contribution in [0.5, 0.6) is 11.5 Å². The molecule has 0 atom stereocenters. The van der Waals surface area contributed by atoms with Crippen LogP contribution in [0, 0.1) is 0 Å². The molecular formula is C17H13BrN2O5S. The summed E-state index contributed by atoms with van der Waals surface area (Å²) in [6.07, 6.45) is 1.35. The van der Waals surface area contributed by atoms with Crippen LogP contribution in [0.25, 0.3) is 6.08 Å². The smallest absolute Gasteiger partial charge is 0.270 e. The second-order valence-electron chi connectivity index (χ2n) is 5.14. The lowest BCUT2D eigenvalue weighted by Gasteiger charge is -2.29. The third-order valence-electron chi connectivity index (χ3n) is 3.61. The van der Waals surface area contributed by atoms with Crippen molar-refractivity contribution in [2.24, 2.45) is 0 Å². The Labute approximate surface area is 162 Å². The maximum absolute atomic E-state index is 12.9. The van der Waals surface area contributed by atoms with Gasteiger partial charge in [0.15, 0.2) is 9.78 Å². The minimum Gasteiger partial charge on any atom is -0.497 e. The van der Waals surface area contributed by atoms with Crippen LogP contribution in [-0.2, 0) is 9.59 Å². The summed E-state index contributed by atoms with van der Waals surface area (Å²) in [7, 11) is 2.99. The Bertz CT molecular complexity index is 937. The highest BCUT2D eigenvalue weighted by atomic mass is 79.9. The van der Waals surface area contributed by atoms with Crippen LogP contribution in [0.2, 0.25) is 0 Å². The summed E-state index contributed by atoms with van der Waals surface area (Å²) in [5.41, 5.74) is 0.271. The second-order valence-corrected chi connectivity index (χ2v) is 6.31. The van der Waals surface area contributed by atoms with E-state index in [2.05, 4.69) is 21.2 Å². The zero-order chi connectivity index (χ0) is 18.8. The molecule has 0 unspecified atom stereocenters. The van der Waals surface area contributed by atoms with Gasteiger partial charge in [-0.05, 0) is 58.5 Å². The van der Waals surface area contributed by atoms with Crippen LogP contribution in [0.4, 0.5) is 5.69 Å². The number of amides is 2. The Morgan fingerprint density at radius 3 is 2.58 bits per heavy atom. The maximum Gasteiger partial charge on any atom is 0.270 e. The highest BCUT2D eigenvalue weighted by Gasteiger charge is 2.36. The molecule has 1 aromatic heterocycles. The first-order valence-electron chi connectivity index (χ1n) is 7.33. The number of halogens is 1. The topological polar surface area (TPSA) is 81.0 Å². The first kappa shape index (κ1) is 18.2. The number of anilines is 1. The number of methoxy groups -OCH3 is 2. The minimum absolute atomic E-state index is 0.0405. The average Bonchev–Trinajstić information content (AvgIpc) is 3.03. The molecule has 134 valence electrons. The number of hydrogen-bond acceptors (Lipinski definition) is 6. The van der Waals surface area contributed by atoms with Gasteiger partial charge >= 0.3 is 0 Å². The molecule has 1 N–H and O–H groups in total. The summed E-state index contributed by atoms with van der Waals surface area (Å²) in [6.45, 7) is 0.